The van der Waals surface area contributed by atoms with E-state index in [-0.39, 0.29) is 0 Å². The smallest absolute Gasteiger partial charge is 0.0993 e. The Bertz CT molecular complexity index is 271. The van der Waals surface area contributed by atoms with E-state index in [1.165, 1.54) is 25.7 Å². The Morgan fingerprint density at radius 1 is 1.35 bits per heavy atom. The predicted octanol–water partition coefficient (Wildman–Crippen LogP) is 3.06. The normalized spacial score (nSPS) is 14.8. The van der Waals surface area contributed by atoms with E-state index in [0.29, 0.717) is 6.04 Å². The summed E-state index contributed by atoms with van der Waals surface area (Å²) in [6, 6.07) is 0.348. The van der Waals surface area contributed by atoms with Gasteiger partial charge in [-0.2, -0.15) is 15.4 Å². The summed E-state index contributed by atoms with van der Waals surface area (Å²) in [6.07, 6.45) is 8.19. The topological polar surface area (TPSA) is 53.6 Å². The van der Waals surface area contributed by atoms with E-state index in [9.17, 15) is 0 Å². The second-order valence-corrected chi connectivity index (χ2v) is 4.66. The molecule has 2 atom stereocenters. The van der Waals surface area contributed by atoms with E-state index in [1.807, 2.05) is 6.20 Å². The van der Waals surface area contributed by atoms with Gasteiger partial charge in [-0.05, 0) is 18.9 Å². The number of H-pyrrole nitrogens is 1. The first-order valence-corrected chi connectivity index (χ1v) is 6.90. The van der Waals surface area contributed by atoms with Crippen LogP contribution in [0.5, 0.6) is 0 Å². The lowest BCUT2D eigenvalue weighted by atomic mass is 9.91. The van der Waals surface area contributed by atoms with E-state index >= 15 is 0 Å². The number of unbranched alkanes of at least 4 members (excludes halogenated alkanes) is 1. The van der Waals surface area contributed by atoms with Crippen molar-refractivity contribution in [2.24, 2.45) is 5.92 Å². The van der Waals surface area contributed by atoms with Gasteiger partial charge in [-0.15, -0.1) is 0 Å². The number of aromatic amines is 1. The molecule has 0 aromatic carbocycles. The molecule has 0 aliphatic heterocycles. The summed E-state index contributed by atoms with van der Waals surface area (Å²) >= 11 is 0. The molecule has 1 aromatic heterocycles. The quantitative estimate of drug-likeness (QED) is 0.695. The van der Waals surface area contributed by atoms with Crippen molar-refractivity contribution < 1.29 is 0 Å². The molecule has 17 heavy (non-hydrogen) atoms. The van der Waals surface area contributed by atoms with Gasteiger partial charge in [0.15, 0.2) is 0 Å². The van der Waals surface area contributed by atoms with Gasteiger partial charge >= 0.3 is 0 Å². The maximum atomic E-state index is 4.20. The van der Waals surface area contributed by atoms with Gasteiger partial charge in [-0.25, -0.2) is 0 Å². The SMILES string of the molecule is CCCCC(CC)CC(NCC)c1cn[nH]n1. The van der Waals surface area contributed by atoms with Crippen LogP contribution < -0.4 is 5.32 Å². The maximum absolute atomic E-state index is 4.20. The highest BCUT2D eigenvalue weighted by molar-refractivity contribution is 4.99. The van der Waals surface area contributed by atoms with Gasteiger partial charge < -0.3 is 5.32 Å². The van der Waals surface area contributed by atoms with Crippen LogP contribution in [-0.4, -0.2) is 22.0 Å². The van der Waals surface area contributed by atoms with Crippen molar-refractivity contribution in [2.75, 3.05) is 6.54 Å². The van der Waals surface area contributed by atoms with Crippen molar-refractivity contribution in [3.05, 3.63) is 11.9 Å². The van der Waals surface area contributed by atoms with E-state index < -0.39 is 0 Å². The van der Waals surface area contributed by atoms with Crippen LogP contribution in [0.1, 0.15) is 64.6 Å². The first-order chi connectivity index (χ1) is 8.31. The summed E-state index contributed by atoms with van der Waals surface area (Å²) in [6.45, 7) is 7.65. The molecule has 0 aliphatic rings. The predicted molar refractivity (Wildman–Crippen MR) is 70.7 cm³/mol. The molecule has 0 fully saturated rings. The summed E-state index contributed by atoms with van der Waals surface area (Å²) in [5, 5.41) is 14.3. The lowest BCUT2D eigenvalue weighted by Gasteiger charge is -2.21. The van der Waals surface area contributed by atoms with E-state index in [0.717, 1.165) is 24.6 Å². The molecule has 2 N–H and O–H groups in total. The Morgan fingerprint density at radius 2 is 2.18 bits per heavy atom. The van der Waals surface area contributed by atoms with Gasteiger partial charge in [-0.3, -0.25) is 0 Å². The second kappa shape index (κ2) is 8.23. The van der Waals surface area contributed by atoms with Crippen LogP contribution in [0.4, 0.5) is 0 Å². The first-order valence-electron chi connectivity index (χ1n) is 6.90. The molecule has 0 saturated carbocycles. The fourth-order valence-electron chi connectivity index (χ4n) is 2.25. The summed E-state index contributed by atoms with van der Waals surface area (Å²) in [4.78, 5) is 0. The van der Waals surface area contributed by atoms with Crippen molar-refractivity contribution >= 4 is 0 Å². The zero-order valence-corrected chi connectivity index (χ0v) is 11.4. The number of nitrogens with one attached hydrogen (secondary N) is 2. The molecule has 1 rings (SSSR count). The minimum Gasteiger partial charge on any atom is -0.309 e. The molecular weight excluding hydrogens is 212 g/mol. The lowest BCUT2D eigenvalue weighted by Crippen LogP contribution is -2.24. The van der Waals surface area contributed by atoms with Crippen LogP contribution in [0.15, 0.2) is 6.20 Å². The molecule has 0 aliphatic carbocycles. The van der Waals surface area contributed by atoms with Gasteiger partial charge in [0, 0.05) is 0 Å². The fraction of sp³-hybridized carbons (Fsp3) is 0.846. The summed E-state index contributed by atoms with van der Waals surface area (Å²) < 4.78 is 0. The zero-order valence-electron chi connectivity index (χ0n) is 11.4. The van der Waals surface area contributed by atoms with Gasteiger partial charge in [0.05, 0.1) is 17.9 Å². The standard InChI is InChI=1S/C13H26N4/c1-4-7-8-11(5-2)9-12(14-6-3)13-10-15-17-16-13/h10-12,14H,4-9H2,1-3H3,(H,15,16,17). The molecule has 98 valence electrons. The van der Waals surface area contributed by atoms with Crippen molar-refractivity contribution in [1.82, 2.24) is 20.7 Å². The van der Waals surface area contributed by atoms with Crippen molar-refractivity contribution in [3.8, 4) is 0 Å². The van der Waals surface area contributed by atoms with Crippen LogP contribution in [0.3, 0.4) is 0 Å². The lowest BCUT2D eigenvalue weighted by molar-refractivity contribution is 0.353. The molecule has 0 amide bonds. The highest BCUT2D eigenvalue weighted by Gasteiger charge is 2.17. The average Bonchev–Trinajstić information content (AvgIpc) is 2.87. The summed E-state index contributed by atoms with van der Waals surface area (Å²) in [7, 11) is 0. The Hall–Kier alpha value is -0.900. The average molecular weight is 238 g/mol. The molecule has 0 radical (unpaired) electrons. The Kier molecular flexibility index (Phi) is 6.86. The molecular formula is C13H26N4. The molecule has 4 heteroatoms. The van der Waals surface area contributed by atoms with Crippen molar-refractivity contribution in [2.45, 2.75) is 58.9 Å². The Morgan fingerprint density at radius 3 is 2.71 bits per heavy atom. The third-order valence-electron chi connectivity index (χ3n) is 3.35. The molecule has 1 heterocycles. The summed E-state index contributed by atoms with van der Waals surface area (Å²) in [5.74, 6) is 0.788. The minimum absolute atomic E-state index is 0.348. The van der Waals surface area contributed by atoms with Gasteiger partial charge in [0.1, 0.15) is 0 Å². The Labute approximate surface area is 105 Å². The van der Waals surface area contributed by atoms with E-state index in [4.69, 9.17) is 0 Å². The highest BCUT2D eigenvalue weighted by Crippen LogP contribution is 2.25. The molecule has 2 unspecified atom stereocenters. The third-order valence-corrected chi connectivity index (χ3v) is 3.35. The number of hydrogen-bond donors (Lipinski definition) is 2. The second-order valence-electron chi connectivity index (χ2n) is 4.66. The fourth-order valence-corrected chi connectivity index (χ4v) is 2.25. The zero-order chi connectivity index (χ0) is 12.5. The van der Waals surface area contributed by atoms with Crippen molar-refractivity contribution in [1.29, 1.82) is 0 Å². The molecule has 0 saturated heterocycles. The number of nitrogens with zero attached hydrogens (tertiary/aromatic N) is 2. The highest BCUT2D eigenvalue weighted by atomic mass is 15.3. The molecule has 1 aromatic rings. The van der Waals surface area contributed by atoms with Gasteiger partial charge in [0.25, 0.3) is 0 Å². The number of aromatic nitrogens is 3. The van der Waals surface area contributed by atoms with E-state index in [1.54, 1.807) is 0 Å². The number of rotatable bonds is 9. The summed E-state index contributed by atoms with van der Waals surface area (Å²) in [5.41, 5.74) is 1.04. The number of hydrogen-bond acceptors (Lipinski definition) is 3. The van der Waals surface area contributed by atoms with Crippen LogP contribution in [0.25, 0.3) is 0 Å². The van der Waals surface area contributed by atoms with Gasteiger partial charge in [0.2, 0.25) is 0 Å². The van der Waals surface area contributed by atoms with E-state index in [2.05, 4.69) is 41.5 Å². The molecule has 0 bridgehead atoms. The monoisotopic (exact) mass is 238 g/mol. The molecule has 0 spiro atoms. The van der Waals surface area contributed by atoms with Crippen LogP contribution in [0, 0.1) is 5.92 Å². The van der Waals surface area contributed by atoms with Crippen LogP contribution in [-0.2, 0) is 0 Å². The molecule has 4 nitrogen and oxygen atoms in total. The van der Waals surface area contributed by atoms with Crippen LogP contribution in [0.2, 0.25) is 0 Å². The largest absolute Gasteiger partial charge is 0.309 e. The third kappa shape index (κ3) is 4.86. The Balaban J connectivity index is 2.52. The van der Waals surface area contributed by atoms with Gasteiger partial charge in [-0.1, -0.05) is 46.5 Å². The minimum atomic E-state index is 0.348. The van der Waals surface area contributed by atoms with Crippen molar-refractivity contribution in [3.63, 3.8) is 0 Å². The maximum Gasteiger partial charge on any atom is 0.0993 e. The first kappa shape index (κ1) is 14.2. The van der Waals surface area contributed by atoms with Crippen LogP contribution >= 0.6 is 0 Å².